The number of methoxy groups -OCH3 is 1. The van der Waals surface area contributed by atoms with Crippen LogP contribution in [0.2, 0.25) is 0 Å². The van der Waals surface area contributed by atoms with Crippen molar-refractivity contribution in [2.75, 3.05) is 27.2 Å². The van der Waals surface area contributed by atoms with Gasteiger partial charge in [0, 0.05) is 13.1 Å². The van der Waals surface area contributed by atoms with Crippen LogP contribution in [0.5, 0.6) is 5.75 Å². The Morgan fingerprint density at radius 1 is 1.42 bits per heavy atom. The Hall–Kier alpha value is -1.62. The first-order chi connectivity index (χ1) is 9.15. The van der Waals surface area contributed by atoms with Gasteiger partial charge in [-0.05, 0) is 38.1 Å². The molecule has 2 rings (SSSR count). The third-order valence-corrected chi connectivity index (χ3v) is 3.59. The lowest BCUT2D eigenvalue weighted by atomic mass is 10.0. The molecule has 1 aliphatic heterocycles. The van der Waals surface area contributed by atoms with Gasteiger partial charge in [-0.1, -0.05) is 6.07 Å². The number of amides is 1. The maximum Gasteiger partial charge on any atom is 0.260 e. The van der Waals surface area contributed by atoms with Crippen LogP contribution in [-0.2, 0) is 0 Å². The molecule has 5 heteroatoms. The highest BCUT2D eigenvalue weighted by molar-refractivity contribution is 5.97. The minimum absolute atomic E-state index is 0.0195. The molecule has 1 aromatic rings. The van der Waals surface area contributed by atoms with Crippen LogP contribution in [0.3, 0.4) is 0 Å². The molecular formula is C14H19FN2O2. The second kappa shape index (κ2) is 6.02. The Labute approximate surface area is 112 Å². The SMILES string of the molecule is COc1cccc(F)c1C(=O)N(C)C1CCNCC1. The topological polar surface area (TPSA) is 41.6 Å². The molecule has 1 fully saturated rings. The van der Waals surface area contributed by atoms with E-state index in [0.29, 0.717) is 0 Å². The number of hydrogen-bond donors (Lipinski definition) is 1. The van der Waals surface area contributed by atoms with Crippen molar-refractivity contribution in [1.29, 1.82) is 0 Å². The Balaban J connectivity index is 2.23. The summed E-state index contributed by atoms with van der Waals surface area (Å²) in [4.78, 5) is 14.1. The van der Waals surface area contributed by atoms with Crippen molar-refractivity contribution in [3.05, 3.63) is 29.6 Å². The molecule has 0 bridgehead atoms. The number of carbonyl (C=O) groups excluding carboxylic acids is 1. The minimum atomic E-state index is -0.537. The van der Waals surface area contributed by atoms with Gasteiger partial charge >= 0.3 is 0 Å². The van der Waals surface area contributed by atoms with E-state index in [-0.39, 0.29) is 23.3 Å². The fraction of sp³-hybridized carbons (Fsp3) is 0.500. The van der Waals surface area contributed by atoms with Gasteiger partial charge in [0.25, 0.3) is 5.91 Å². The van der Waals surface area contributed by atoms with E-state index in [1.165, 1.54) is 19.2 Å². The summed E-state index contributed by atoms with van der Waals surface area (Å²) in [6.45, 7) is 1.77. The third kappa shape index (κ3) is 2.87. The van der Waals surface area contributed by atoms with E-state index < -0.39 is 5.82 Å². The standard InChI is InChI=1S/C14H19FN2O2/c1-17(10-6-8-16-9-7-10)14(18)13-11(15)4-3-5-12(13)19-2/h3-5,10,16H,6-9H2,1-2H3. The van der Waals surface area contributed by atoms with Crippen molar-refractivity contribution in [2.24, 2.45) is 0 Å². The van der Waals surface area contributed by atoms with E-state index in [4.69, 9.17) is 4.74 Å². The lowest BCUT2D eigenvalue weighted by molar-refractivity contribution is 0.0695. The van der Waals surface area contributed by atoms with E-state index >= 15 is 0 Å². The molecule has 1 heterocycles. The number of ether oxygens (including phenoxy) is 1. The van der Waals surface area contributed by atoms with Crippen LogP contribution in [0.25, 0.3) is 0 Å². The Kier molecular flexibility index (Phi) is 4.37. The first-order valence-corrected chi connectivity index (χ1v) is 6.45. The van der Waals surface area contributed by atoms with E-state index in [1.54, 1.807) is 18.0 Å². The quantitative estimate of drug-likeness (QED) is 0.904. The van der Waals surface area contributed by atoms with Crippen LogP contribution in [0, 0.1) is 5.82 Å². The molecule has 0 spiro atoms. The van der Waals surface area contributed by atoms with Crippen molar-refractivity contribution in [3.63, 3.8) is 0 Å². The van der Waals surface area contributed by atoms with Crippen molar-refractivity contribution < 1.29 is 13.9 Å². The summed E-state index contributed by atoms with van der Waals surface area (Å²) in [5, 5.41) is 3.25. The predicted octanol–water partition coefficient (Wildman–Crippen LogP) is 1.66. The van der Waals surface area contributed by atoms with Crippen LogP contribution >= 0.6 is 0 Å². The van der Waals surface area contributed by atoms with Crippen LogP contribution < -0.4 is 10.1 Å². The fourth-order valence-corrected chi connectivity index (χ4v) is 2.42. The molecule has 4 nitrogen and oxygen atoms in total. The predicted molar refractivity (Wildman–Crippen MR) is 70.9 cm³/mol. The van der Waals surface area contributed by atoms with E-state index in [1.807, 2.05) is 0 Å². The molecule has 19 heavy (non-hydrogen) atoms. The summed E-state index contributed by atoms with van der Waals surface area (Å²) in [5.74, 6) is -0.572. The van der Waals surface area contributed by atoms with E-state index in [9.17, 15) is 9.18 Å². The van der Waals surface area contributed by atoms with Crippen molar-refractivity contribution in [2.45, 2.75) is 18.9 Å². The number of carbonyl (C=O) groups is 1. The average molecular weight is 266 g/mol. The largest absolute Gasteiger partial charge is 0.496 e. The monoisotopic (exact) mass is 266 g/mol. The second-order valence-electron chi connectivity index (χ2n) is 4.71. The molecule has 0 aromatic heterocycles. The number of halogens is 1. The lowest BCUT2D eigenvalue weighted by Gasteiger charge is -2.32. The van der Waals surface area contributed by atoms with Gasteiger partial charge in [0.2, 0.25) is 0 Å². The molecule has 0 atom stereocenters. The highest BCUT2D eigenvalue weighted by Crippen LogP contribution is 2.24. The molecule has 0 aliphatic carbocycles. The molecule has 1 aromatic carbocycles. The molecule has 1 amide bonds. The Morgan fingerprint density at radius 3 is 2.74 bits per heavy atom. The summed E-state index contributed by atoms with van der Waals surface area (Å²) in [5.41, 5.74) is 0.0195. The number of nitrogens with zero attached hydrogens (tertiary/aromatic N) is 1. The molecule has 104 valence electrons. The molecule has 0 unspecified atom stereocenters. The van der Waals surface area contributed by atoms with Gasteiger partial charge in [0.05, 0.1) is 7.11 Å². The summed E-state index contributed by atoms with van der Waals surface area (Å²) in [6.07, 6.45) is 1.78. The first-order valence-electron chi connectivity index (χ1n) is 6.45. The van der Waals surface area contributed by atoms with Crippen LogP contribution in [0.4, 0.5) is 4.39 Å². The molecular weight excluding hydrogens is 247 g/mol. The van der Waals surface area contributed by atoms with Crippen LogP contribution in [-0.4, -0.2) is 44.1 Å². The Bertz CT molecular complexity index is 459. The van der Waals surface area contributed by atoms with Gasteiger partial charge in [0.15, 0.2) is 0 Å². The highest BCUT2D eigenvalue weighted by atomic mass is 19.1. The van der Waals surface area contributed by atoms with Gasteiger partial charge in [-0.15, -0.1) is 0 Å². The zero-order chi connectivity index (χ0) is 13.8. The number of benzene rings is 1. The number of rotatable bonds is 3. The van der Waals surface area contributed by atoms with Crippen molar-refractivity contribution >= 4 is 5.91 Å². The van der Waals surface area contributed by atoms with Gasteiger partial charge in [-0.2, -0.15) is 0 Å². The second-order valence-corrected chi connectivity index (χ2v) is 4.71. The van der Waals surface area contributed by atoms with Crippen LogP contribution in [0.15, 0.2) is 18.2 Å². The average Bonchev–Trinajstić information content (AvgIpc) is 2.46. The van der Waals surface area contributed by atoms with Gasteiger partial charge < -0.3 is 15.0 Å². The summed E-state index contributed by atoms with van der Waals surface area (Å²) in [6, 6.07) is 4.58. The smallest absolute Gasteiger partial charge is 0.260 e. The summed E-state index contributed by atoms with van der Waals surface area (Å²) < 4.78 is 19.0. The zero-order valence-corrected chi connectivity index (χ0v) is 11.3. The van der Waals surface area contributed by atoms with Gasteiger partial charge in [0.1, 0.15) is 17.1 Å². The van der Waals surface area contributed by atoms with Crippen molar-refractivity contribution in [1.82, 2.24) is 10.2 Å². The van der Waals surface area contributed by atoms with Gasteiger partial charge in [-0.25, -0.2) is 4.39 Å². The maximum atomic E-state index is 13.9. The first kappa shape index (κ1) is 13.8. The molecule has 1 saturated heterocycles. The molecule has 0 radical (unpaired) electrons. The molecule has 1 aliphatic rings. The maximum absolute atomic E-state index is 13.9. The minimum Gasteiger partial charge on any atom is -0.496 e. The summed E-state index contributed by atoms with van der Waals surface area (Å²) >= 11 is 0. The van der Waals surface area contributed by atoms with Crippen molar-refractivity contribution in [3.8, 4) is 5.75 Å². The molecule has 1 N–H and O–H groups in total. The number of nitrogens with one attached hydrogen (secondary N) is 1. The van der Waals surface area contributed by atoms with E-state index in [0.717, 1.165) is 25.9 Å². The molecule has 0 saturated carbocycles. The number of piperidine rings is 1. The Morgan fingerprint density at radius 2 is 2.11 bits per heavy atom. The van der Waals surface area contributed by atoms with E-state index in [2.05, 4.69) is 5.32 Å². The number of hydrogen-bond acceptors (Lipinski definition) is 3. The summed E-state index contributed by atoms with van der Waals surface area (Å²) in [7, 11) is 3.17. The van der Waals surface area contributed by atoms with Gasteiger partial charge in [-0.3, -0.25) is 4.79 Å². The zero-order valence-electron chi connectivity index (χ0n) is 11.3. The van der Waals surface area contributed by atoms with Crippen LogP contribution in [0.1, 0.15) is 23.2 Å². The third-order valence-electron chi connectivity index (χ3n) is 3.59. The lowest BCUT2D eigenvalue weighted by Crippen LogP contribution is -2.44. The normalized spacial score (nSPS) is 16.2. The fourth-order valence-electron chi connectivity index (χ4n) is 2.42. The highest BCUT2D eigenvalue weighted by Gasteiger charge is 2.27.